The van der Waals surface area contributed by atoms with Crippen molar-refractivity contribution in [3.8, 4) is 28.3 Å². The molecule has 0 amide bonds. The number of hydrogen-bond acceptors (Lipinski definition) is 3. The molecule has 2 aromatic heterocycles. The molecular weight excluding hydrogens is 475 g/mol. The maximum atomic E-state index is 12.7. The molecule has 8 rings (SSSR count). The van der Waals surface area contributed by atoms with Gasteiger partial charge >= 0.3 is 18.9 Å². The number of pyridine rings is 1. The van der Waals surface area contributed by atoms with E-state index in [4.69, 9.17) is 9.40 Å². The van der Waals surface area contributed by atoms with Gasteiger partial charge in [0, 0.05) is 11.6 Å². The van der Waals surface area contributed by atoms with Gasteiger partial charge in [0.05, 0.1) is 5.39 Å². The number of aromatic nitrogens is 2. The standard InChI is InChI=1S/C34H20N2O2.Li/c37-30-17-16-24(26-11-6-18-35-33(26)30)32-21-8-2-1-7-20(21)19-28-22-9-5-10-27(23(22)14-15-25(28)32)34-36-29-12-3-4-13-31(29)38-34;/h1-19,37H;/q;+1. The van der Waals surface area contributed by atoms with Gasteiger partial charge in [-0.05, 0) is 79.5 Å². The van der Waals surface area contributed by atoms with Crippen LogP contribution < -0.4 is 29.0 Å². The molecule has 0 bridgehead atoms. The molecule has 8 aromatic rings. The first kappa shape index (κ1) is 23.5. The third-order valence-corrected chi connectivity index (χ3v) is 7.49. The van der Waals surface area contributed by atoms with E-state index in [1.54, 1.807) is 12.3 Å². The van der Waals surface area contributed by atoms with Crippen molar-refractivity contribution in [2.24, 2.45) is 0 Å². The van der Waals surface area contributed by atoms with E-state index in [1.165, 1.54) is 0 Å². The van der Waals surface area contributed by atoms with Crippen molar-refractivity contribution in [1.29, 1.82) is 0 Å². The number of H-pyrrole nitrogens is 1. The van der Waals surface area contributed by atoms with Gasteiger partial charge in [-0.2, -0.15) is 0 Å². The van der Waals surface area contributed by atoms with Crippen molar-refractivity contribution in [1.82, 2.24) is 4.98 Å². The Morgan fingerprint density at radius 1 is 0.615 bits per heavy atom. The average molecular weight is 495 g/mol. The minimum Gasteiger partial charge on any atom is -0.868 e. The van der Waals surface area contributed by atoms with Crippen molar-refractivity contribution in [3.63, 3.8) is 0 Å². The number of fused-ring (bicyclic) bond motifs is 6. The number of para-hydroxylation sites is 2. The molecule has 1 N–H and O–H groups in total. The molecule has 2 heterocycles. The minimum absolute atomic E-state index is 0. The maximum Gasteiger partial charge on any atom is 1.00 e. The predicted octanol–water partition coefficient (Wildman–Crippen LogP) is 4.67. The van der Waals surface area contributed by atoms with Crippen LogP contribution in [0.4, 0.5) is 0 Å². The SMILES string of the molecule is [Li+].[O-]c1ccc(-c2c3ccccc3cc3c2ccc2c(-c4nc5ccccc5o4)cccc23)c2ccc[nH+]c12. The molecule has 0 aliphatic carbocycles. The molecule has 0 radical (unpaired) electrons. The number of nitrogens with zero attached hydrogens (tertiary/aromatic N) is 1. The molecule has 0 fully saturated rings. The second-order valence-electron chi connectivity index (χ2n) is 9.59. The third-order valence-electron chi connectivity index (χ3n) is 7.49. The van der Waals surface area contributed by atoms with Crippen LogP contribution in [0.5, 0.6) is 5.75 Å². The van der Waals surface area contributed by atoms with Crippen molar-refractivity contribution in [2.45, 2.75) is 0 Å². The molecule has 0 aliphatic rings. The molecule has 178 valence electrons. The molecule has 0 spiro atoms. The summed E-state index contributed by atoms with van der Waals surface area (Å²) in [5.41, 5.74) is 5.36. The molecule has 0 saturated heterocycles. The molecule has 0 aliphatic heterocycles. The largest absolute Gasteiger partial charge is 1.00 e. The van der Waals surface area contributed by atoms with Gasteiger partial charge in [-0.25, -0.2) is 9.97 Å². The summed E-state index contributed by atoms with van der Waals surface area (Å²) in [6.45, 7) is 0. The Morgan fingerprint density at radius 2 is 1.41 bits per heavy atom. The maximum absolute atomic E-state index is 12.7. The summed E-state index contributed by atoms with van der Waals surface area (Å²) in [6.07, 6.45) is 1.80. The van der Waals surface area contributed by atoms with Crippen LogP contribution in [-0.4, -0.2) is 4.98 Å². The molecule has 0 saturated carbocycles. The zero-order valence-corrected chi connectivity index (χ0v) is 21.2. The van der Waals surface area contributed by atoms with Crippen molar-refractivity contribution < 1.29 is 33.4 Å². The van der Waals surface area contributed by atoms with E-state index < -0.39 is 0 Å². The molecular formula is C34H20LiN2O2+. The van der Waals surface area contributed by atoms with Crippen LogP contribution in [0.15, 0.2) is 120 Å². The molecule has 4 nitrogen and oxygen atoms in total. The van der Waals surface area contributed by atoms with Crippen LogP contribution in [0.25, 0.3) is 76.9 Å². The van der Waals surface area contributed by atoms with E-state index in [9.17, 15) is 5.11 Å². The summed E-state index contributed by atoms with van der Waals surface area (Å²) in [6, 6.07) is 36.8. The van der Waals surface area contributed by atoms with Gasteiger partial charge in [-0.3, -0.25) is 0 Å². The number of rotatable bonds is 2. The fourth-order valence-corrected chi connectivity index (χ4v) is 5.79. The zero-order chi connectivity index (χ0) is 25.2. The normalized spacial score (nSPS) is 11.5. The van der Waals surface area contributed by atoms with Gasteiger partial charge in [0.2, 0.25) is 11.4 Å². The van der Waals surface area contributed by atoms with Crippen LogP contribution >= 0.6 is 0 Å². The summed E-state index contributed by atoms with van der Waals surface area (Å²) < 4.78 is 6.15. The topological polar surface area (TPSA) is 63.2 Å². The van der Waals surface area contributed by atoms with Crippen LogP contribution in [0, 0.1) is 0 Å². The Morgan fingerprint density at radius 3 is 2.33 bits per heavy atom. The molecule has 0 atom stereocenters. The summed E-state index contributed by atoms with van der Waals surface area (Å²) in [4.78, 5) is 7.93. The molecule has 39 heavy (non-hydrogen) atoms. The Balaban J connectivity index is 0.00000253. The van der Waals surface area contributed by atoms with E-state index in [-0.39, 0.29) is 24.6 Å². The second kappa shape index (κ2) is 8.99. The predicted molar refractivity (Wildman–Crippen MR) is 151 cm³/mol. The Kier molecular flexibility index (Phi) is 5.42. The first-order chi connectivity index (χ1) is 18.8. The number of benzene rings is 6. The Hall–Kier alpha value is -4.62. The summed E-state index contributed by atoms with van der Waals surface area (Å²) in [5, 5.41) is 20.4. The number of hydrogen-bond donors (Lipinski definition) is 0. The fraction of sp³-hybridized carbons (Fsp3) is 0. The summed E-state index contributed by atoms with van der Waals surface area (Å²) in [7, 11) is 0. The van der Waals surface area contributed by atoms with Crippen LogP contribution in [0.3, 0.4) is 0 Å². The quantitative estimate of drug-likeness (QED) is 0.199. The summed E-state index contributed by atoms with van der Waals surface area (Å²) >= 11 is 0. The Bertz CT molecular complexity index is 2190. The van der Waals surface area contributed by atoms with Crippen molar-refractivity contribution in [2.75, 3.05) is 0 Å². The zero-order valence-electron chi connectivity index (χ0n) is 21.2. The summed E-state index contributed by atoms with van der Waals surface area (Å²) in [5.74, 6) is 0.604. The molecule has 6 aromatic carbocycles. The first-order valence-corrected chi connectivity index (χ1v) is 12.6. The monoisotopic (exact) mass is 495 g/mol. The van der Waals surface area contributed by atoms with Crippen LogP contribution in [0.1, 0.15) is 0 Å². The fourth-order valence-electron chi connectivity index (χ4n) is 5.79. The molecule has 0 unspecified atom stereocenters. The van der Waals surface area contributed by atoms with Gasteiger partial charge in [0.25, 0.3) is 0 Å². The van der Waals surface area contributed by atoms with Crippen LogP contribution in [-0.2, 0) is 0 Å². The van der Waals surface area contributed by atoms with E-state index in [2.05, 4.69) is 65.6 Å². The van der Waals surface area contributed by atoms with Gasteiger partial charge in [-0.15, -0.1) is 0 Å². The number of oxazole rings is 1. The number of aromatic amines is 1. The second-order valence-corrected chi connectivity index (χ2v) is 9.59. The van der Waals surface area contributed by atoms with Crippen LogP contribution in [0.2, 0.25) is 0 Å². The third kappa shape index (κ3) is 3.54. The minimum atomic E-state index is -0.0117. The van der Waals surface area contributed by atoms with Crippen molar-refractivity contribution in [3.05, 3.63) is 115 Å². The van der Waals surface area contributed by atoms with Gasteiger partial charge in [0.15, 0.2) is 11.8 Å². The number of nitrogens with one attached hydrogen (secondary N) is 1. The van der Waals surface area contributed by atoms with E-state index in [1.807, 2.05) is 42.5 Å². The molecule has 5 heteroatoms. The Labute approximate surface area is 235 Å². The van der Waals surface area contributed by atoms with E-state index in [0.717, 1.165) is 65.5 Å². The van der Waals surface area contributed by atoms with E-state index in [0.29, 0.717) is 11.4 Å². The van der Waals surface area contributed by atoms with Crippen molar-refractivity contribution >= 4 is 54.3 Å². The average Bonchev–Trinajstić information content (AvgIpc) is 3.40. The smallest absolute Gasteiger partial charge is 0.868 e. The van der Waals surface area contributed by atoms with E-state index >= 15 is 0 Å². The van der Waals surface area contributed by atoms with Gasteiger partial charge in [0.1, 0.15) is 5.52 Å². The van der Waals surface area contributed by atoms with Gasteiger partial charge < -0.3 is 9.52 Å². The first-order valence-electron chi connectivity index (χ1n) is 12.6. The van der Waals surface area contributed by atoms with Gasteiger partial charge in [-0.1, -0.05) is 72.8 Å².